The normalized spacial score (nSPS) is 19.8. The van der Waals surface area contributed by atoms with Crippen molar-refractivity contribution in [3.05, 3.63) is 12.4 Å². The maximum Gasteiger partial charge on any atom is 0.422 e. The van der Waals surface area contributed by atoms with Gasteiger partial charge in [-0.1, -0.05) is 0 Å². The highest BCUT2D eigenvalue weighted by atomic mass is 19.4. The van der Waals surface area contributed by atoms with Crippen LogP contribution < -0.4 is 0 Å². The Kier molecular flexibility index (Phi) is 4.35. The molecular formula is C8H8F8. The van der Waals surface area contributed by atoms with Crippen molar-refractivity contribution in [2.75, 3.05) is 0 Å². The largest absolute Gasteiger partial charge is 0.422 e. The Hall–Kier alpha value is -0.820. The lowest BCUT2D eigenvalue weighted by atomic mass is 9.92. The molecule has 0 bridgehead atoms. The number of rotatable bonds is 3. The fourth-order valence-corrected chi connectivity index (χ4v) is 0.909. The standard InChI is InChI=1S/C8H8F8/c1-6(10,8(14,15)16)4-5(2-3-9)7(11,12)13/h2-3,5H,4H2,1H3/b3-2+. The first kappa shape index (κ1) is 15.2. The second-order valence-electron chi connectivity index (χ2n) is 3.37. The van der Waals surface area contributed by atoms with Crippen LogP contribution in [0, 0.1) is 5.92 Å². The zero-order valence-electron chi connectivity index (χ0n) is 7.96. The molecule has 0 fully saturated rings. The third-order valence-electron chi connectivity index (χ3n) is 1.92. The first-order chi connectivity index (χ1) is 6.92. The molecule has 16 heavy (non-hydrogen) atoms. The van der Waals surface area contributed by atoms with Crippen molar-refractivity contribution in [2.45, 2.75) is 31.4 Å². The van der Waals surface area contributed by atoms with Crippen LogP contribution >= 0.6 is 0 Å². The lowest BCUT2D eigenvalue weighted by molar-refractivity contribution is -0.242. The minimum Gasteiger partial charge on any atom is -0.234 e. The number of halogens is 8. The molecule has 0 nitrogen and oxygen atoms in total. The summed E-state index contributed by atoms with van der Waals surface area (Å²) in [6.07, 6.45) is -13.2. The van der Waals surface area contributed by atoms with Crippen molar-refractivity contribution in [1.29, 1.82) is 0 Å². The van der Waals surface area contributed by atoms with E-state index in [2.05, 4.69) is 0 Å². The van der Waals surface area contributed by atoms with Gasteiger partial charge >= 0.3 is 12.4 Å². The van der Waals surface area contributed by atoms with Crippen molar-refractivity contribution in [3.8, 4) is 0 Å². The molecule has 0 aliphatic rings. The molecule has 0 aromatic rings. The SMILES string of the molecule is CC(F)(CC(/C=C/F)C(F)(F)F)C(F)(F)F. The Balaban J connectivity index is 4.91. The van der Waals surface area contributed by atoms with Crippen LogP contribution in [-0.2, 0) is 0 Å². The van der Waals surface area contributed by atoms with Gasteiger partial charge in [-0.2, -0.15) is 26.3 Å². The van der Waals surface area contributed by atoms with E-state index >= 15 is 0 Å². The van der Waals surface area contributed by atoms with Crippen LogP contribution in [-0.4, -0.2) is 18.0 Å². The maximum atomic E-state index is 12.9. The van der Waals surface area contributed by atoms with E-state index in [0.717, 1.165) is 0 Å². The van der Waals surface area contributed by atoms with E-state index in [1.54, 1.807) is 0 Å². The van der Waals surface area contributed by atoms with Gasteiger partial charge in [0, 0.05) is 6.42 Å². The molecule has 0 aromatic heterocycles. The first-order valence-corrected chi connectivity index (χ1v) is 4.01. The van der Waals surface area contributed by atoms with Gasteiger partial charge < -0.3 is 0 Å². The molecule has 0 amide bonds. The lowest BCUT2D eigenvalue weighted by Crippen LogP contribution is -2.41. The average Bonchev–Trinajstić information content (AvgIpc) is 1.99. The lowest BCUT2D eigenvalue weighted by Gasteiger charge is -2.27. The Labute approximate surface area is 85.9 Å². The number of alkyl halides is 7. The van der Waals surface area contributed by atoms with Crippen LogP contribution in [0.1, 0.15) is 13.3 Å². The fourth-order valence-electron chi connectivity index (χ4n) is 0.909. The molecule has 0 aliphatic heterocycles. The molecule has 8 heteroatoms. The van der Waals surface area contributed by atoms with Crippen molar-refractivity contribution in [1.82, 2.24) is 0 Å². The van der Waals surface area contributed by atoms with Gasteiger partial charge in [-0.05, 0) is 13.0 Å². The summed E-state index contributed by atoms with van der Waals surface area (Å²) in [6, 6.07) is 0. The van der Waals surface area contributed by atoms with Gasteiger partial charge in [0.2, 0.25) is 5.67 Å². The minimum absolute atomic E-state index is 0.0161. The van der Waals surface area contributed by atoms with Crippen LogP contribution in [0.5, 0.6) is 0 Å². The molecule has 2 atom stereocenters. The van der Waals surface area contributed by atoms with Gasteiger partial charge in [-0.3, -0.25) is 0 Å². The molecule has 0 saturated heterocycles. The fraction of sp³-hybridized carbons (Fsp3) is 0.750. The summed E-state index contributed by atoms with van der Waals surface area (Å²) >= 11 is 0. The third kappa shape index (κ3) is 3.97. The topological polar surface area (TPSA) is 0 Å². The van der Waals surface area contributed by atoms with Crippen LogP contribution in [0.15, 0.2) is 12.4 Å². The molecule has 2 unspecified atom stereocenters. The molecule has 0 aromatic carbocycles. The quantitative estimate of drug-likeness (QED) is 0.659. The molecule has 0 N–H and O–H groups in total. The van der Waals surface area contributed by atoms with Gasteiger partial charge in [0.25, 0.3) is 0 Å². The van der Waals surface area contributed by atoms with E-state index in [0.29, 0.717) is 0 Å². The van der Waals surface area contributed by atoms with E-state index < -0.39 is 36.7 Å². The van der Waals surface area contributed by atoms with E-state index in [1.807, 2.05) is 0 Å². The molecule has 0 saturated carbocycles. The van der Waals surface area contributed by atoms with Crippen molar-refractivity contribution >= 4 is 0 Å². The van der Waals surface area contributed by atoms with E-state index in [-0.39, 0.29) is 13.0 Å². The van der Waals surface area contributed by atoms with Gasteiger partial charge in [-0.25, -0.2) is 8.78 Å². The van der Waals surface area contributed by atoms with Crippen molar-refractivity contribution in [3.63, 3.8) is 0 Å². The summed E-state index contributed by atoms with van der Waals surface area (Å²) in [4.78, 5) is 0. The molecule has 0 radical (unpaired) electrons. The predicted molar refractivity (Wildman–Crippen MR) is 40.0 cm³/mol. The Bertz CT molecular complexity index is 246. The van der Waals surface area contributed by atoms with Crippen molar-refractivity contribution < 1.29 is 35.1 Å². The van der Waals surface area contributed by atoms with Crippen molar-refractivity contribution in [2.24, 2.45) is 5.92 Å². The van der Waals surface area contributed by atoms with E-state index in [1.165, 1.54) is 0 Å². The molecule has 96 valence electrons. The van der Waals surface area contributed by atoms with E-state index in [9.17, 15) is 35.1 Å². The van der Waals surface area contributed by atoms with Gasteiger partial charge in [-0.15, -0.1) is 0 Å². The highest BCUT2D eigenvalue weighted by Gasteiger charge is 2.56. The molecular weight excluding hydrogens is 248 g/mol. The summed E-state index contributed by atoms with van der Waals surface area (Å²) in [5.74, 6) is -2.81. The van der Waals surface area contributed by atoms with Gasteiger partial charge in [0.15, 0.2) is 0 Å². The van der Waals surface area contributed by atoms with E-state index in [4.69, 9.17) is 0 Å². The number of allylic oxidation sites excluding steroid dienone is 1. The second kappa shape index (κ2) is 4.58. The first-order valence-electron chi connectivity index (χ1n) is 4.01. The van der Waals surface area contributed by atoms with Gasteiger partial charge in [0.1, 0.15) is 0 Å². The molecule has 0 spiro atoms. The average molecular weight is 256 g/mol. The van der Waals surface area contributed by atoms with Gasteiger partial charge in [0.05, 0.1) is 12.2 Å². The summed E-state index contributed by atoms with van der Waals surface area (Å²) in [6.45, 7) is -0.0161. The summed E-state index contributed by atoms with van der Waals surface area (Å²) in [5.41, 5.74) is -4.02. The summed E-state index contributed by atoms with van der Waals surface area (Å²) in [7, 11) is 0. The Morgan fingerprint density at radius 1 is 1.00 bits per heavy atom. The molecule has 0 aliphatic carbocycles. The summed E-state index contributed by atoms with van der Waals surface area (Å²) < 4.78 is 96.6. The highest BCUT2D eigenvalue weighted by Crippen LogP contribution is 2.42. The zero-order chi connectivity index (χ0) is 13.2. The minimum atomic E-state index is -5.43. The Morgan fingerprint density at radius 3 is 1.69 bits per heavy atom. The Morgan fingerprint density at radius 2 is 1.44 bits per heavy atom. The smallest absolute Gasteiger partial charge is 0.234 e. The highest BCUT2D eigenvalue weighted by molar-refractivity contribution is 4.95. The number of hydrogen-bond acceptors (Lipinski definition) is 0. The molecule has 0 heterocycles. The molecule has 0 rings (SSSR count). The summed E-state index contributed by atoms with van der Waals surface area (Å²) in [5, 5.41) is 0. The van der Waals surface area contributed by atoms with Crippen LogP contribution in [0.4, 0.5) is 35.1 Å². The third-order valence-corrected chi connectivity index (χ3v) is 1.92. The monoisotopic (exact) mass is 256 g/mol. The number of hydrogen-bond donors (Lipinski definition) is 0. The van der Waals surface area contributed by atoms with Crippen LogP contribution in [0.3, 0.4) is 0 Å². The second-order valence-corrected chi connectivity index (χ2v) is 3.37. The zero-order valence-corrected chi connectivity index (χ0v) is 7.96. The van der Waals surface area contributed by atoms with Crippen LogP contribution in [0.25, 0.3) is 0 Å². The van der Waals surface area contributed by atoms with Crippen LogP contribution in [0.2, 0.25) is 0 Å². The maximum absolute atomic E-state index is 12.9. The predicted octanol–water partition coefficient (Wildman–Crippen LogP) is 4.33.